The zero-order valence-corrected chi connectivity index (χ0v) is 13.7. The van der Waals surface area contributed by atoms with Gasteiger partial charge >= 0.3 is 0 Å². The van der Waals surface area contributed by atoms with Crippen molar-refractivity contribution in [1.82, 2.24) is 9.88 Å². The van der Waals surface area contributed by atoms with Crippen LogP contribution in [0.4, 0.5) is 5.82 Å². The molecule has 120 valence electrons. The van der Waals surface area contributed by atoms with E-state index < -0.39 is 0 Å². The normalized spacial score (nSPS) is 16.7. The third-order valence-corrected chi connectivity index (χ3v) is 4.06. The maximum atomic E-state index is 12.6. The van der Waals surface area contributed by atoms with Gasteiger partial charge in [0.05, 0.1) is 0 Å². The van der Waals surface area contributed by atoms with Crippen LogP contribution in [0.15, 0.2) is 18.2 Å². The number of pyridine rings is 1. The van der Waals surface area contributed by atoms with Gasteiger partial charge in [0.2, 0.25) is 6.41 Å². The van der Waals surface area contributed by atoms with E-state index in [1.165, 1.54) is 0 Å². The highest BCUT2D eigenvalue weighted by molar-refractivity contribution is 5.96. The smallest absolute Gasteiger partial charge is 0.215 e. The summed E-state index contributed by atoms with van der Waals surface area (Å²) in [4.78, 5) is 32.1. The summed E-state index contributed by atoms with van der Waals surface area (Å²) in [6.45, 7) is 6.59. The zero-order chi connectivity index (χ0) is 16.1. The van der Waals surface area contributed by atoms with E-state index in [1.807, 2.05) is 13.8 Å². The Morgan fingerprint density at radius 1 is 1.41 bits per heavy atom. The third kappa shape index (κ3) is 4.13. The third-order valence-electron chi connectivity index (χ3n) is 4.06. The largest absolute Gasteiger partial charge is 0.306 e. The molecule has 1 aromatic heterocycles. The van der Waals surface area contributed by atoms with Gasteiger partial charge in [0.25, 0.3) is 0 Å². The predicted molar refractivity (Wildman–Crippen MR) is 87.0 cm³/mol. The molecule has 1 aromatic rings. The van der Waals surface area contributed by atoms with Gasteiger partial charge in [-0.15, -0.1) is 0 Å². The molecule has 1 amide bonds. The zero-order valence-electron chi connectivity index (χ0n) is 13.7. The molecule has 22 heavy (non-hydrogen) atoms. The van der Waals surface area contributed by atoms with Gasteiger partial charge in [-0.3, -0.25) is 14.5 Å². The molecule has 1 fully saturated rings. The van der Waals surface area contributed by atoms with Crippen molar-refractivity contribution in [2.45, 2.75) is 26.7 Å². The van der Waals surface area contributed by atoms with Gasteiger partial charge in [-0.25, -0.2) is 4.98 Å². The van der Waals surface area contributed by atoms with Crippen molar-refractivity contribution >= 4 is 18.0 Å². The predicted octanol–water partition coefficient (Wildman–Crippen LogP) is 2.22. The number of carbonyl (C=O) groups excluding carboxylic acids is 2. The summed E-state index contributed by atoms with van der Waals surface area (Å²) in [5.41, 5.74) is 0.475. The number of likely N-dealkylation sites (tertiary alicyclic amines) is 1. The lowest BCUT2D eigenvalue weighted by atomic mass is 9.91. The Balaban J connectivity index is 2.13. The lowest BCUT2D eigenvalue weighted by Crippen LogP contribution is -2.34. The second kappa shape index (κ2) is 7.49. The summed E-state index contributed by atoms with van der Waals surface area (Å²) in [6, 6.07) is 5.34. The maximum Gasteiger partial charge on any atom is 0.215 e. The molecular formula is C17H25N3O2. The molecule has 0 radical (unpaired) electrons. The highest BCUT2D eigenvalue weighted by Crippen LogP contribution is 2.21. The quantitative estimate of drug-likeness (QED) is 0.597. The van der Waals surface area contributed by atoms with Gasteiger partial charge in [-0.1, -0.05) is 19.9 Å². The standard InChI is InChI=1S/C17H25N3O2/c1-13(2)11-20(12-21)16-6-4-5-15(18-16)17(22)14-7-9-19(3)10-8-14/h4-6,12-14H,7-11H2,1-3H3. The number of anilines is 1. The van der Waals surface area contributed by atoms with Gasteiger partial charge in [0.1, 0.15) is 11.5 Å². The van der Waals surface area contributed by atoms with E-state index in [9.17, 15) is 9.59 Å². The van der Waals surface area contributed by atoms with Crippen LogP contribution >= 0.6 is 0 Å². The Morgan fingerprint density at radius 3 is 2.68 bits per heavy atom. The van der Waals surface area contributed by atoms with Crippen LogP contribution in [0.1, 0.15) is 37.2 Å². The fraction of sp³-hybridized carbons (Fsp3) is 0.588. The van der Waals surface area contributed by atoms with E-state index in [2.05, 4.69) is 16.9 Å². The number of aromatic nitrogens is 1. The second-order valence-electron chi connectivity index (χ2n) is 6.47. The highest BCUT2D eigenvalue weighted by atomic mass is 16.1. The molecule has 1 aliphatic heterocycles. The summed E-state index contributed by atoms with van der Waals surface area (Å²) < 4.78 is 0. The van der Waals surface area contributed by atoms with Crippen molar-refractivity contribution in [2.24, 2.45) is 11.8 Å². The number of hydrogen-bond acceptors (Lipinski definition) is 4. The van der Waals surface area contributed by atoms with Gasteiger partial charge in [-0.2, -0.15) is 0 Å². The Kier molecular flexibility index (Phi) is 5.66. The van der Waals surface area contributed by atoms with Crippen LogP contribution in [-0.2, 0) is 4.79 Å². The van der Waals surface area contributed by atoms with Crippen LogP contribution in [0, 0.1) is 11.8 Å². The average Bonchev–Trinajstić information content (AvgIpc) is 2.52. The summed E-state index contributed by atoms with van der Waals surface area (Å²) in [5.74, 6) is 1.06. The molecule has 0 spiro atoms. The molecule has 0 bridgehead atoms. The molecular weight excluding hydrogens is 278 g/mol. The molecule has 1 saturated heterocycles. The van der Waals surface area contributed by atoms with Gasteiger partial charge < -0.3 is 4.90 Å². The first kappa shape index (κ1) is 16.6. The molecule has 0 aromatic carbocycles. The van der Waals surface area contributed by atoms with Gasteiger partial charge in [0, 0.05) is 12.5 Å². The SMILES string of the molecule is CC(C)CN(C=O)c1cccc(C(=O)C2CCN(C)CC2)n1. The minimum Gasteiger partial charge on any atom is -0.306 e. The number of rotatable bonds is 6. The molecule has 0 saturated carbocycles. The number of Topliss-reactive ketones (excluding diaryl/α,β-unsaturated/α-hetero) is 1. The number of amides is 1. The van der Waals surface area contributed by atoms with E-state index in [-0.39, 0.29) is 11.7 Å². The van der Waals surface area contributed by atoms with E-state index in [0.29, 0.717) is 24.0 Å². The van der Waals surface area contributed by atoms with Crippen LogP contribution < -0.4 is 4.90 Å². The summed E-state index contributed by atoms with van der Waals surface area (Å²) in [6.07, 6.45) is 2.54. The first-order valence-electron chi connectivity index (χ1n) is 7.93. The molecule has 0 atom stereocenters. The minimum absolute atomic E-state index is 0.0497. The Morgan fingerprint density at radius 2 is 2.09 bits per heavy atom. The Hall–Kier alpha value is -1.75. The average molecular weight is 303 g/mol. The van der Waals surface area contributed by atoms with Gasteiger partial charge in [-0.05, 0) is 51.0 Å². The fourth-order valence-electron chi connectivity index (χ4n) is 2.78. The van der Waals surface area contributed by atoms with Crippen molar-refractivity contribution in [2.75, 3.05) is 31.6 Å². The summed E-state index contributed by atoms with van der Waals surface area (Å²) in [5, 5.41) is 0. The molecule has 2 heterocycles. The monoisotopic (exact) mass is 303 g/mol. The molecule has 5 heteroatoms. The molecule has 0 aliphatic carbocycles. The number of ketones is 1. The minimum atomic E-state index is 0.0497. The molecule has 2 rings (SSSR count). The molecule has 0 unspecified atom stereocenters. The second-order valence-corrected chi connectivity index (χ2v) is 6.47. The number of carbonyl (C=O) groups is 2. The fourth-order valence-corrected chi connectivity index (χ4v) is 2.78. The molecule has 5 nitrogen and oxygen atoms in total. The lowest BCUT2D eigenvalue weighted by molar-refractivity contribution is -0.107. The van der Waals surface area contributed by atoms with Crippen molar-refractivity contribution in [1.29, 1.82) is 0 Å². The van der Waals surface area contributed by atoms with Crippen molar-refractivity contribution in [3.8, 4) is 0 Å². The van der Waals surface area contributed by atoms with Crippen LogP contribution in [-0.4, -0.2) is 48.8 Å². The van der Waals surface area contributed by atoms with E-state index >= 15 is 0 Å². The van der Waals surface area contributed by atoms with Gasteiger partial charge in [0.15, 0.2) is 5.78 Å². The Bertz CT molecular complexity index is 522. The van der Waals surface area contributed by atoms with Crippen LogP contribution in [0.3, 0.4) is 0 Å². The molecule has 1 aliphatic rings. The first-order valence-corrected chi connectivity index (χ1v) is 7.93. The highest BCUT2D eigenvalue weighted by Gasteiger charge is 2.25. The van der Waals surface area contributed by atoms with Crippen molar-refractivity contribution in [3.05, 3.63) is 23.9 Å². The van der Waals surface area contributed by atoms with Crippen molar-refractivity contribution < 1.29 is 9.59 Å². The first-order chi connectivity index (χ1) is 10.5. The summed E-state index contributed by atoms with van der Waals surface area (Å²) in [7, 11) is 2.08. The number of piperidine rings is 1. The van der Waals surface area contributed by atoms with Crippen LogP contribution in [0.2, 0.25) is 0 Å². The van der Waals surface area contributed by atoms with Crippen LogP contribution in [0.5, 0.6) is 0 Å². The lowest BCUT2D eigenvalue weighted by Gasteiger charge is -2.28. The van der Waals surface area contributed by atoms with E-state index in [0.717, 1.165) is 32.3 Å². The number of nitrogens with zero attached hydrogens (tertiary/aromatic N) is 3. The topological polar surface area (TPSA) is 53.5 Å². The summed E-state index contributed by atoms with van der Waals surface area (Å²) >= 11 is 0. The van der Waals surface area contributed by atoms with E-state index in [4.69, 9.17) is 0 Å². The maximum absolute atomic E-state index is 12.6. The molecule has 0 N–H and O–H groups in total. The van der Waals surface area contributed by atoms with E-state index in [1.54, 1.807) is 23.1 Å². The number of hydrogen-bond donors (Lipinski definition) is 0. The van der Waals surface area contributed by atoms with Crippen molar-refractivity contribution in [3.63, 3.8) is 0 Å². The van der Waals surface area contributed by atoms with Crippen LogP contribution in [0.25, 0.3) is 0 Å². The Labute approximate surface area is 132 Å².